The van der Waals surface area contributed by atoms with Gasteiger partial charge in [0.25, 0.3) is 0 Å². The molecule has 2 aromatic carbocycles. The van der Waals surface area contributed by atoms with Gasteiger partial charge in [-0.1, -0.05) is 7.43 Å². The predicted molar refractivity (Wildman–Crippen MR) is 132 cm³/mol. The van der Waals surface area contributed by atoms with Crippen LogP contribution in [0.4, 0.5) is 0 Å². The van der Waals surface area contributed by atoms with Crippen LogP contribution < -0.4 is 0.0628 Å². The number of benzene rings is 2. The van der Waals surface area contributed by atoms with Crippen LogP contribution >= 0.6 is 0 Å². The molecule has 0 aromatic heterocycles. The second kappa shape index (κ2) is 13.5. The molecule has 0 radical (unpaired) electrons. The van der Waals surface area contributed by atoms with Gasteiger partial charge in [-0.05, 0) is 0 Å². The number of hydrogen-bond donors (Lipinski definition) is 0. The van der Waals surface area contributed by atoms with E-state index in [1.54, 1.807) is 5.56 Å². The van der Waals surface area contributed by atoms with Crippen LogP contribution in [-0.2, 0) is 6.42 Å². The summed E-state index contributed by atoms with van der Waals surface area (Å²) >= 11 is 4.99. The van der Waals surface area contributed by atoms with Crippen LogP contribution in [0.3, 0.4) is 0 Å². The SMILES string of the molecule is C.Cc1c(C)c(C)c(C(C)C)c([XeH])c1C.Cc1c(C)c(C)c(CC(C)C)c([XeH])c1C. The Kier molecular flexibility index (Phi) is 14.2. The fraction of sp³-hybridized carbons (Fsp3) is 0.571. The average molecular weight is 645 g/mol. The van der Waals surface area contributed by atoms with Crippen molar-refractivity contribution < 1.29 is 93.1 Å². The van der Waals surface area contributed by atoms with Gasteiger partial charge in [0.1, 0.15) is 0 Å². The van der Waals surface area contributed by atoms with Crippen LogP contribution in [0.25, 0.3) is 0 Å². The van der Waals surface area contributed by atoms with E-state index < -0.39 is 0 Å². The van der Waals surface area contributed by atoms with E-state index >= 15 is 0 Å². The quantitative estimate of drug-likeness (QED) is 0.353. The van der Waals surface area contributed by atoms with Gasteiger partial charge in [-0.25, -0.2) is 0 Å². The Bertz CT molecular complexity index is 828. The van der Waals surface area contributed by atoms with E-state index in [-0.39, 0.29) is 7.43 Å². The minimum absolute atomic E-state index is 0. The molecule has 0 spiro atoms. The normalized spacial score (nSPS) is 10.9. The molecule has 0 N–H and O–H groups in total. The van der Waals surface area contributed by atoms with Crippen molar-refractivity contribution in [2.24, 2.45) is 5.92 Å². The summed E-state index contributed by atoms with van der Waals surface area (Å²) < 4.78 is 2.93. The molecule has 174 valence electrons. The summed E-state index contributed by atoms with van der Waals surface area (Å²) in [5.74, 6) is 1.36. The van der Waals surface area contributed by atoms with E-state index in [1.165, 1.54) is 56.6 Å². The summed E-state index contributed by atoms with van der Waals surface area (Å²) in [4.78, 5) is 0. The van der Waals surface area contributed by atoms with Crippen molar-refractivity contribution in [2.45, 2.75) is 103 Å². The first-order chi connectivity index (χ1) is 13.2. The van der Waals surface area contributed by atoms with E-state index in [9.17, 15) is 0 Å². The second-order valence-corrected chi connectivity index (χ2v) is 11.4. The zero-order valence-corrected chi connectivity index (χ0v) is 24.9. The van der Waals surface area contributed by atoms with E-state index in [0.717, 1.165) is 5.92 Å². The van der Waals surface area contributed by atoms with Crippen LogP contribution in [-0.4, -0.2) is 0 Å². The molecule has 0 fully saturated rings. The molecule has 2 rings (SSSR count). The van der Waals surface area contributed by atoms with Crippen LogP contribution in [0.1, 0.15) is 96.7 Å². The Balaban J connectivity index is 0.000000544. The van der Waals surface area contributed by atoms with E-state index in [0.29, 0.717) is 5.92 Å². The third-order valence-electron chi connectivity index (χ3n) is 6.58. The Morgan fingerprint density at radius 2 is 0.900 bits per heavy atom. The van der Waals surface area contributed by atoms with Gasteiger partial charge in [0.05, 0.1) is 0 Å². The molecule has 0 saturated heterocycles. The fourth-order valence-corrected chi connectivity index (χ4v) is 6.44. The number of rotatable bonds is 3. The Morgan fingerprint density at radius 1 is 0.533 bits per heavy atom. The molecule has 0 aliphatic heterocycles. The summed E-state index contributed by atoms with van der Waals surface area (Å²) in [6.45, 7) is 27.1. The molecular weight excluding hydrogens is 599 g/mol. The minimum atomic E-state index is 0. The van der Waals surface area contributed by atoms with Crippen LogP contribution in [0.15, 0.2) is 0 Å². The number of hydrogen-bond acceptors (Lipinski definition) is 0. The van der Waals surface area contributed by atoms with Gasteiger partial charge in [0.2, 0.25) is 0 Å². The molecular formula is C28H46Xe2. The Hall–Kier alpha value is 1.58. The van der Waals surface area contributed by atoms with Crippen molar-refractivity contribution >= 4 is 0.0628 Å². The molecule has 0 heterocycles. The zero-order chi connectivity index (χ0) is 22.8. The van der Waals surface area contributed by atoms with Gasteiger partial charge < -0.3 is 0 Å². The van der Waals surface area contributed by atoms with Gasteiger partial charge in [0.15, 0.2) is 0 Å². The Labute approximate surface area is 253 Å². The molecule has 2 heteroatoms. The van der Waals surface area contributed by atoms with Gasteiger partial charge in [-0.2, -0.15) is 0 Å². The van der Waals surface area contributed by atoms with Gasteiger partial charge in [-0.3, -0.25) is 0 Å². The third kappa shape index (κ3) is 7.29. The van der Waals surface area contributed by atoms with Crippen molar-refractivity contribution in [1.29, 1.82) is 0 Å². The van der Waals surface area contributed by atoms with Crippen molar-refractivity contribution in [3.05, 3.63) is 55.6 Å². The maximum atomic E-state index is 2.51. The van der Waals surface area contributed by atoms with Gasteiger partial charge >= 0.3 is 250 Å². The van der Waals surface area contributed by atoms with Crippen molar-refractivity contribution in [1.82, 2.24) is 0 Å². The van der Waals surface area contributed by atoms with Crippen molar-refractivity contribution in [3.63, 3.8) is 0 Å². The first-order valence-corrected chi connectivity index (χ1v) is 12.9. The first-order valence-electron chi connectivity index (χ1n) is 10.7. The molecule has 0 atom stereocenters. The van der Waals surface area contributed by atoms with Gasteiger partial charge in [0, 0.05) is 0 Å². The van der Waals surface area contributed by atoms with Crippen molar-refractivity contribution in [3.8, 4) is 0 Å². The summed E-state index contributed by atoms with van der Waals surface area (Å²) in [6, 6.07) is 0. The molecule has 0 saturated carbocycles. The van der Waals surface area contributed by atoms with Gasteiger partial charge in [-0.15, -0.1) is 0 Å². The molecule has 0 bridgehead atoms. The van der Waals surface area contributed by atoms with Crippen molar-refractivity contribution in [2.75, 3.05) is 0 Å². The molecule has 0 aliphatic carbocycles. The van der Waals surface area contributed by atoms with Crippen LogP contribution in [0, 0.1) is 154 Å². The fourth-order valence-electron chi connectivity index (χ4n) is 3.98. The summed E-state index contributed by atoms with van der Waals surface area (Å²) in [6.07, 6.45) is 1.20. The molecule has 30 heavy (non-hydrogen) atoms. The topological polar surface area (TPSA) is 0 Å². The molecule has 0 aliphatic rings. The second-order valence-electron chi connectivity index (χ2n) is 9.27. The monoisotopic (exact) mass is 646 g/mol. The molecule has 0 amide bonds. The first kappa shape index (κ1) is 31.6. The average Bonchev–Trinajstić information content (AvgIpc) is 2.65. The molecule has 0 unspecified atom stereocenters. The van der Waals surface area contributed by atoms with E-state index in [4.69, 9.17) is 0 Å². The molecule has 2 aromatic rings. The van der Waals surface area contributed by atoms with E-state index in [1.807, 2.05) is 0 Å². The third-order valence-corrected chi connectivity index (χ3v) is 9.43. The standard InChI is InChI=1S/C14H22Xe.C13H20Xe.CH4/c1-8(2)7-13-11(5)9(3)10(4)12(6)14(13)15;1-7(2)12-10(5)8(3)9(4)11(6)13(12)14;/h8,15H,7H2,1-6H3;7,14H,1-6H3;1H4. The summed E-state index contributed by atoms with van der Waals surface area (Å²) in [7, 11) is 0. The Morgan fingerprint density at radius 3 is 1.30 bits per heavy atom. The summed E-state index contributed by atoms with van der Waals surface area (Å²) in [5, 5.41) is 0. The van der Waals surface area contributed by atoms with E-state index in [2.05, 4.69) is 176 Å². The zero-order valence-electron chi connectivity index (χ0n) is 20.6. The van der Waals surface area contributed by atoms with Crippen LogP contribution in [0.2, 0.25) is 0 Å². The maximum absolute atomic E-state index is 2.51. The summed E-state index contributed by atoms with van der Waals surface area (Å²) in [5.41, 5.74) is 14.9. The van der Waals surface area contributed by atoms with Crippen LogP contribution in [0.5, 0.6) is 0 Å². The molecule has 0 nitrogen and oxygen atoms in total. The predicted octanol–water partition coefficient (Wildman–Crippen LogP) is 6.61.